The molecule has 0 N–H and O–H groups in total. The van der Waals surface area contributed by atoms with Gasteiger partial charge in [-0.05, 0) is 58.2 Å². The van der Waals surface area contributed by atoms with Crippen molar-refractivity contribution < 1.29 is 4.79 Å². The van der Waals surface area contributed by atoms with Crippen molar-refractivity contribution in [2.45, 2.75) is 6.54 Å². The molecule has 106 valence electrons. The van der Waals surface area contributed by atoms with Crippen LogP contribution in [0.3, 0.4) is 0 Å². The molecule has 20 heavy (non-hydrogen) atoms. The Morgan fingerprint density at radius 2 is 2.05 bits per heavy atom. The zero-order valence-corrected chi connectivity index (χ0v) is 14.6. The Morgan fingerprint density at radius 1 is 1.30 bits per heavy atom. The number of carbonyl (C=O) groups excluding carboxylic acids is 1. The van der Waals surface area contributed by atoms with Gasteiger partial charge in [0.1, 0.15) is 0 Å². The number of rotatable bonds is 5. The van der Waals surface area contributed by atoms with Gasteiger partial charge in [0.25, 0.3) is 0 Å². The van der Waals surface area contributed by atoms with Crippen LogP contribution in [0.2, 0.25) is 10.0 Å². The Balaban J connectivity index is 1.98. The van der Waals surface area contributed by atoms with E-state index in [2.05, 4.69) is 27.4 Å². The van der Waals surface area contributed by atoms with E-state index in [4.69, 9.17) is 23.2 Å². The van der Waals surface area contributed by atoms with E-state index < -0.39 is 0 Å². The van der Waals surface area contributed by atoms with Gasteiger partial charge in [-0.3, -0.25) is 9.69 Å². The molecule has 0 bridgehead atoms. The number of Topliss-reactive ketones (excluding diaryl/α,β-unsaturated/α-hetero) is 1. The molecular weight excluding hydrogens is 381 g/mol. The molecule has 0 saturated carbocycles. The fourth-order valence-electron chi connectivity index (χ4n) is 1.80. The maximum Gasteiger partial charge on any atom is 0.176 e. The number of likely N-dealkylation sites (N-methyl/N-ethyl adjacent to an activating group) is 1. The number of halogens is 3. The number of hydrogen-bond donors (Lipinski definition) is 0. The van der Waals surface area contributed by atoms with E-state index in [1.165, 1.54) is 5.56 Å². The number of ketones is 1. The third-order valence-electron chi connectivity index (χ3n) is 2.73. The van der Waals surface area contributed by atoms with Crippen LogP contribution in [0.4, 0.5) is 0 Å². The van der Waals surface area contributed by atoms with Crippen molar-refractivity contribution in [2.24, 2.45) is 0 Å². The number of hydrogen-bond acceptors (Lipinski definition) is 3. The monoisotopic (exact) mass is 391 g/mol. The molecule has 0 aliphatic carbocycles. The van der Waals surface area contributed by atoms with Crippen molar-refractivity contribution in [3.05, 3.63) is 54.6 Å². The number of thiophene rings is 1. The predicted molar refractivity (Wildman–Crippen MR) is 89.1 cm³/mol. The van der Waals surface area contributed by atoms with Crippen molar-refractivity contribution in [2.75, 3.05) is 13.6 Å². The second-order valence-electron chi connectivity index (χ2n) is 4.48. The van der Waals surface area contributed by atoms with Crippen LogP contribution in [0.1, 0.15) is 15.9 Å². The van der Waals surface area contributed by atoms with Crippen LogP contribution in [0, 0.1) is 0 Å². The Hall–Kier alpha value is -0.390. The topological polar surface area (TPSA) is 20.3 Å². The minimum Gasteiger partial charge on any atom is -0.295 e. The van der Waals surface area contributed by atoms with Crippen molar-refractivity contribution in [1.82, 2.24) is 4.90 Å². The SMILES string of the molecule is CN(CC(=O)c1ccc(Cl)c(Cl)c1)Cc1csc(Br)c1. The summed E-state index contributed by atoms with van der Waals surface area (Å²) in [6.45, 7) is 1.07. The zero-order chi connectivity index (χ0) is 14.7. The summed E-state index contributed by atoms with van der Waals surface area (Å²) in [6, 6.07) is 7.02. The molecule has 0 fully saturated rings. The van der Waals surface area contributed by atoms with Crippen LogP contribution < -0.4 is 0 Å². The van der Waals surface area contributed by atoms with Crippen molar-refractivity contribution in [3.8, 4) is 0 Å². The maximum absolute atomic E-state index is 12.2. The van der Waals surface area contributed by atoms with E-state index in [-0.39, 0.29) is 5.78 Å². The van der Waals surface area contributed by atoms with Gasteiger partial charge in [-0.25, -0.2) is 0 Å². The van der Waals surface area contributed by atoms with E-state index in [1.54, 1.807) is 29.5 Å². The third kappa shape index (κ3) is 4.30. The van der Waals surface area contributed by atoms with Crippen LogP contribution >= 0.6 is 50.5 Å². The second kappa shape index (κ2) is 7.05. The standard InChI is InChI=1S/C14H12BrCl2NOS/c1-18(6-9-4-14(15)20-8-9)7-13(19)10-2-3-11(16)12(17)5-10/h2-5,8H,6-7H2,1H3. The van der Waals surface area contributed by atoms with Crippen LogP contribution in [0.15, 0.2) is 33.4 Å². The second-order valence-corrected chi connectivity index (χ2v) is 7.59. The van der Waals surface area contributed by atoms with Crippen LogP contribution in [0.25, 0.3) is 0 Å². The minimum atomic E-state index is 0.0281. The molecular formula is C14H12BrCl2NOS. The Labute approximate surface area is 140 Å². The first kappa shape index (κ1) is 16.0. The third-order valence-corrected chi connectivity index (χ3v) is 5.02. The maximum atomic E-state index is 12.2. The molecule has 1 aromatic carbocycles. The van der Waals surface area contributed by atoms with Gasteiger partial charge in [0.2, 0.25) is 0 Å². The van der Waals surface area contributed by atoms with Gasteiger partial charge >= 0.3 is 0 Å². The van der Waals surface area contributed by atoms with E-state index in [9.17, 15) is 4.79 Å². The molecule has 2 rings (SSSR count). The first-order valence-electron chi connectivity index (χ1n) is 5.85. The van der Waals surface area contributed by atoms with Gasteiger partial charge < -0.3 is 0 Å². The fourth-order valence-corrected chi connectivity index (χ4v) is 3.30. The van der Waals surface area contributed by atoms with E-state index in [0.717, 1.165) is 10.3 Å². The highest BCUT2D eigenvalue weighted by Crippen LogP contribution is 2.23. The number of carbonyl (C=O) groups is 1. The fraction of sp³-hybridized carbons (Fsp3) is 0.214. The van der Waals surface area contributed by atoms with Crippen LogP contribution in [-0.4, -0.2) is 24.3 Å². The smallest absolute Gasteiger partial charge is 0.176 e. The first-order chi connectivity index (χ1) is 9.45. The van der Waals surface area contributed by atoms with Crippen LogP contribution in [-0.2, 0) is 6.54 Å². The van der Waals surface area contributed by atoms with Gasteiger partial charge in [-0.15, -0.1) is 11.3 Å². The van der Waals surface area contributed by atoms with Gasteiger partial charge in [0, 0.05) is 12.1 Å². The molecule has 2 nitrogen and oxygen atoms in total. The van der Waals surface area contributed by atoms with Crippen molar-refractivity contribution >= 4 is 56.3 Å². The van der Waals surface area contributed by atoms with E-state index in [1.807, 2.05) is 11.9 Å². The number of nitrogens with zero attached hydrogens (tertiary/aromatic N) is 1. The minimum absolute atomic E-state index is 0.0281. The summed E-state index contributed by atoms with van der Waals surface area (Å²) in [4.78, 5) is 14.1. The first-order valence-corrected chi connectivity index (χ1v) is 8.28. The molecule has 0 aliphatic rings. The molecule has 0 spiro atoms. The largest absolute Gasteiger partial charge is 0.295 e. The highest BCUT2D eigenvalue weighted by atomic mass is 79.9. The zero-order valence-electron chi connectivity index (χ0n) is 10.7. The van der Waals surface area contributed by atoms with Gasteiger partial charge in [-0.1, -0.05) is 23.2 Å². The quantitative estimate of drug-likeness (QED) is 0.657. The summed E-state index contributed by atoms with van der Waals surface area (Å²) in [5.74, 6) is 0.0281. The molecule has 2 aromatic rings. The van der Waals surface area contributed by atoms with Crippen LogP contribution in [0.5, 0.6) is 0 Å². The molecule has 1 aromatic heterocycles. The lowest BCUT2D eigenvalue weighted by Crippen LogP contribution is -2.25. The lowest BCUT2D eigenvalue weighted by Gasteiger charge is -2.15. The van der Waals surface area contributed by atoms with E-state index in [0.29, 0.717) is 22.2 Å². The highest BCUT2D eigenvalue weighted by Gasteiger charge is 2.12. The van der Waals surface area contributed by atoms with Crippen molar-refractivity contribution in [3.63, 3.8) is 0 Å². The molecule has 6 heteroatoms. The molecule has 0 saturated heterocycles. The summed E-state index contributed by atoms with van der Waals surface area (Å²) < 4.78 is 1.09. The molecule has 0 radical (unpaired) electrons. The Kier molecular flexibility index (Phi) is 5.64. The highest BCUT2D eigenvalue weighted by molar-refractivity contribution is 9.11. The summed E-state index contributed by atoms with van der Waals surface area (Å²) in [5, 5.41) is 2.94. The average molecular weight is 393 g/mol. The summed E-state index contributed by atoms with van der Waals surface area (Å²) in [5.41, 5.74) is 1.77. The number of benzene rings is 1. The predicted octanol–water partition coefficient (Wildman–Crippen LogP) is 5.13. The summed E-state index contributed by atoms with van der Waals surface area (Å²) in [7, 11) is 1.92. The summed E-state index contributed by atoms with van der Waals surface area (Å²) >= 11 is 16.8. The molecule has 0 unspecified atom stereocenters. The normalized spacial score (nSPS) is 11.1. The summed E-state index contributed by atoms with van der Waals surface area (Å²) in [6.07, 6.45) is 0. The molecule has 1 heterocycles. The van der Waals surface area contributed by atoms with Gasteiger partial charge in [0.15, 0.2) is 5.78 Å². The Bertz CT molecular complexity index is 629. The van der Waals surface area contributed by atoms with Gasteiger partial charge in [-0.2, -0.15) is 0 Å². The average Bonchev–Trinajstić information content (AvgIpc) is 2.77. The molecule has 0 aliphatic heterocycles. The Morgan fingerprint density at radius 3 is 2.65 bits per heavy atom. The lowest BCUT2D eigenvalue weighted by atomic mass is 10.1. The van der Waals surface area contributed by atoms with E-state index >= 15 is 0 Å². The van der Waals surface area contributed by atoms with Gasteiger partial charge in [0.05, 0.1) is 20.4 Å². The molecule has 0 atom stereocenters. The molecule has 0 amide bonds. The van der Waals surface area contributed by atoms with Crippen molar-refractivity contribution in [1.29, 1.82) is 0 Å². The lowest BCUT2D eigenvalue weighted by molar-refractivity contribution is 0.0943.